The van der Waals surface area contributed by atoms with E-state index < -0.39 is 5.79 Å². The molecule has 3 N–H and O–H groups in total. The maximum Gasteiger partial charge on any atom is 0.252 e. The predicted molar refractivity (Wildman–Crippen MR) is 66.7 cm³/mol. The van der Waals surface area contributed by atoms with E-state index in [1.807, 2.05) is 20.8 Å². The molecule has 1 aliphatic rings. The zero-order chi connectivity index (χ0) is 12.8. The minimum atomic E-state index is -0.860. The second-order valence-electron chi connectivity index (χ2n) is 4.88. The van der Waals surface area contributed by atoms with E-state index in [2.05, 4.69) is 10.3 Å². The van der Waals surface area contributed by atoms with Gasteiger partial charge in [0.1, 0.15) is 5.49 Å². The Morgan fingerprint density at radius 1 is 1.47 bits per heavy atom. The number of fused-ring (bicyclic) bond motifs is 1. The third-order valence-electron chi connectivity index (χ3n) is 2.80. The van der Waals surface area contributed by atoms with Crippen molar-refractivity contribution in [3.8, 4) is 0 Å². The third-order valence-corrected chi connectivity index (χ3v) is 2.80. The molecule has 1 aromatic rings. The molecule has 2 heterocycles. The molecule has 92 valence electrons. The number of hydrogen-bond donors (Lipinski definition) is 2. The lowest BCUT2D eigenvalue weighted by Gasteiger charge is -2.27. The summed E-state index contributed by atoms with van der Waals surface area (Å²) in [7, 11) is 0. The standard InChI is InChI=1S/C12H18N4O/c1-7(2)16-10(17)6-5-9-8(3)14-12(4,13)15-11(9)16/h5-7,14H,13H2,1-4H3/t12-/m1/s1. The molecule has 0 bridgehead atoms. The Balaban J connectivity index is 2.97. The minimum absolute atomic E-state index is 0.0481. The van der Waals surface area contributed by atoms with Crippen LogP contribution in [0.4, 0.5) is 0 Å². The molecule has 5 heteroatoms. The second-order valence-corrected chi connectivity index (χ2v) is 4.88. The molecule has 0 spiro atoms. The fourth-order valence-electron chi connectivity index (χ4n) is 2.14. The minimum Gasteiger partial charge on any atom is -0.352 e. The first kappa shape index (κ1) is 11.9. The second kappa shape index (κ2) is 3.70. The fraction of sp³-hybridized carbons (Fsp3) is 0.500. The zero-order valence-electron chi connectivity index (χ0n) is 10.6. The first-order valence-electron chi connectivity index (χ1n) is 5.71. The van der Waals surface area contributed by atoms with Crippen LogP contribution in [0.5, 0.6) is 0 Å². The van der Waals surface area contributed by atoms with Crippen LogP contribution in [0.15, 0.2) is 21.9 Å². The van der Waals surface area contributed by atoms with Gasteiger partial charge in [-0.2, -0.15) is 0 Å². The van der Waals surface area contributed by atoms with E-state index >= 15 is 0 Å². The highest BCUT2D eigenvalue weighted by atomic mass is 16.1. The predicted octanol–water partition coefficient (Wildman–Crippen LogP) is -0.587. The Morgan fingerprint density at radius 3 is 2.71 bits per heavy atom. The molecule has 0 aromatic carbocycles. The summed E-state index contributed by atoms with van der Waals surface area (Å²) < 4.78 is 1.67. The van der Waals surface area contributed by atoms with Crippen LogP contribution in [0.1, 0.15) is 33.7 Å². The van der Waals surface area contributed by atoms with Gasteiger partial charge in [0.2, 0.25) is 0 Å². The molecule has 17 heavy (non-hydrogen) atoms. The van der Waals surface area contributed by atoms with Crippen LogP contribution in [0.3, 0.4) is 0 Å². The van der Waals surface area contributed by atoms with Crippen molar-refractivity contribution in [2.24, 2.45) is 10.7 Å². The van der Waals surface area contributed by atoms with Gasteiger partial charge >= 0.3 is 0 Å². The van der Waals surface area contributed by atoms with Gasteiger partial charge in [-0.1, -0.05) is 0 Å². The first-order valence-corrected chi connectivity index (χ1v) is 5.71. The van der Waals surface area contributed by atoms with Gasteiger partial charge in [-0.05, 0) is 33.8 Å². The lowest BCUT2D eigenvalue weighted by Crippen LogP contribution is -2.59. The van der Waals surface area contributed by atoms with Crippen molar-refractivity contribution in [2.75, 3.05) is 0 Å². The SMILES string of the molecule is CC1=c2ccc(=O)n(C(C)C)c2=N[C@](C)(N)N1. The van der Waals surface area contributed by atoms with E-state index in [4.69, 9.17) is 5.73 Å². The molecular formula is C12H18N4O. The molecule has 0 saturated carbocycles. The molecule has 2 rings (SSSR count). The zero-order valence-corrected chi connectivity index (χ0v) is 10.6. The summed E-state index contributed by atoms with van der Waals surface area (Å²) in [5, 5.41) is 4.04. The van der Waals surface area contributed by atoms with Gasteiger partial charge in [0.15, 0.2) is 5.79 Å². The van der Waals surface area contributed by atoms with Crippen molar-refractivity contribution in [1.29, 1.82) is 0 Å². The van der Waals surface area contributed by atoms with Crippen molar-refractivity contribution in [3.63, 3.8) is 0 Å². The Bertz CT molecular complexity index is 625. The smallest absolute Gasteiger partial charge is 0.252 e. The summed E-state index contributed by atoms with van der Waals surface area (Å²) in [6, 6.07) is 3.42. The highest BCUT2D eigenvalue weighted by Crippen LogP contribution is 2.02. The van der Waals surface area contributed by atoms with Crippen molar-refractivity contribution >= 4 is 5.70 Å². The largest absolute Gasteiger partial charge is 0.352 e. The summed E-state index contributed by atoms with van der Waals surface area (Å²) in [5.41, 5.74) is 7.54. The monoisotopic (exact) mass is 234 g/mol. The molecule has 0 saturated heterocycles. The van der Waals surface area contributed by atoms with E-state index in [1.54, 1.807) is 23.6 Å². The van der Waals surface area contributed by atoms with E-state index in [9.17, 15) is 4.79 Å². The third kappa shape index (κ3) is 1.98. The number of nitrogens with two attached hydrogens (primary N) is 1. The van der Waals surface area contributed by atoms with Gasteiger partial charge in [0.25, 0.3) is 5.56 Å². The number of hydrogen-bond acceptors (Lipinski definition) is 4. The summed E-state index contributed by atoms with van der Waals surface area (Å²) in [5.74, 6) is -0.860. The lowest BCUT2D eigenvalue weighted by atomic mass is 10.2. The van der Waals surface area contributed by atoms with Crippen molar-refractivity contribution in [1.82, 2.24) is 9.88 Å². The fourth-order valence-corrected chi connectivity index (χ4v) is 2.14. The number of pyridine rings is 1. The number of aromatic nitrogens is 1. The van der Waals surface area contributed by atoms with E-state index in [0.717, 1.165) is 10.9 Å². The molecular weight excluding hydrogens is 216 g/mol. The molecule has 0 radical (unpaired) electrons. The quantitative estimate of drug-likeness (QED) is 0.682. The molecule has 0 unspecified atom stereocenters. The van der Waals surface area contributed by atoms with E-state index in [0.29, 0.717) is 5.49 Å². The van der Waals surface area contributed by atoms with Gasteiger partial charge in [-0.15, -0.1) is 0 Å². The normalized spacial score (nSPS) is 23.1. The first-order chi connectivity index (χ1) is 7.82. The van der Waals surface area contributed by atoms with Crippen molar-refractivity contribution in [2.45, 2.75) is 39.5 Å². The molecule has 0 amide bonds. The summed E-state index contributed by atoms with van der Waals surface area (Å²) in [6.45, 7) is 7.64. The van der Waals surface area contributed by atoms with E-state index in [-0.39, 0.29) is 11.6 Å². The summed E-state index contributed by atoms with van der Waals surface area (Å²) in [6.07, 6.45) is 0. The number of nitrogens with one attached hydrogen (secondary N) is 1. The summed E-state index contributed by atoms with van der Waals surface area (Å²) >= 11 is 0. The van der Waals surface area contributed by atoms with Crippen molar-refractivity contribution in [3.05, 3.63) is 33.2 Å². The van der Waals surface area contributed by atoms with Crippen LogP contribution in [-0.2, 0) is 0 Å². The molecule has 0 aliphatic carbocycles. The van der Waals surface area contributed by atoms with Gasteiger partial charge in [0.05, 0.1) is 0 Å². The highest BCUT2D eigenvalue weighted by Gasteiger charge is 2.21. The molecule has 5 nitrogen and oxygen atoms in total. The van der Waals surface area contributed by atoms with Gasteiger partial charge < -0.3 is 5.32 Å². The van der Waals surface area contributed by atoms with Crippen LogP contribution in [0.25, 0.3) is 5.70 Å². The maximum absolute atomic E-state index is 11.9. The van der Waals surface area contributed by atoms with Crippen LogP contribution in [0.2, 0.25) is 0 Å². The number of nitrogens with zero attached hydrogens (tertiary/aromatic N) is 2. The topological polar surface area (TPSA) is 72.4 Å². The van der Waals surface area contributed by atoms with E-state index in [1.165, 1.54) is 0 Å². The van der Waals surface area contributed by atoms with Gasteiger partial charge in [0, 0.05) is 23.0 Å². The van der Waals surface area contributed by atoms with Gasteiger partial charge in [-0.25, -0.2) is 4.99 Å². The average Bonchev–Trinajstić information content (AvgIpc) is 2.13. The Kier molecular flexibility index (Phi) is 2.58. The molecule has 1 atom stereocenters. The lowest BCUT2D eigenvalue weighted by molar-refractivity contribution is 0.406. The number of rotatable bonds is 1. The molecule has 1 aromatic heterocycles. The van der Waals surface area contributed by atoms with Gasteiger partial charge in [-0.3, -0.25) is 15.1 Å². The Hall–Kier alpha value is -1.62. The van der Waals surface area contributed by atoms with Crippen LogP contribution < -0.4 is 27.3 Å². The Morgan fingerprint density at radius 2 is 2.12 bits per heavy atom. The molecule has 1 aliphatic heterocycles. The molecule has 0 fully saturated rings. The van der Waals surface area contributed by atoms with Crippen LogP contribution >= 0.6 is 0 Å². The maximum atomic E-state index is 11.9. The highest BCUT2D eigenvalue weighted by molar-refractivity contribution is 5.41. The van der Waals surface area contributed by atoms with Crippen LogP contribution in [-0.4, -0.2) is 10.4 Å². The van der Waals surface area contributed by atoms with Crippen molar-refractivity contribution < 1.29 is 0 Å². The van der Waals surface area contributed by atoms with Crippen LogP contribution in [0, 0.1) is 0 Å². The average molecular weight is 234 g/mol. The Labute approximate surface area is 99.7 Å². The summed E-state index contributed by atoms with van der Waals surface area (Å²) in [4.78, 5) is 16.3.